The molecule has 1 aromatic carbocycles. The summed E-state index contributed by atoms with van der Waals surface area (Å²) in [5.41, 5.74) is 2.05. The minimum Gasteiger partial charge on any atom is -0.480 e. The quantitative estimate of drug-likeness (QED) is 0.881. The van der Waals surface area contributed by atoms with Crippen molar-refractivity contribution >= 4 is 17.6 Å². The number of benzene rings is 1. The predicted molar refractivity (Wildman–Crippen MR) is 64.8 cm³/mol. The van der Waals surface area contributed by atoms with Crippen LogP contribution < -0.4 is 0 Å². The molecule has 0 heterocycles. The Morgan fingerprint density at radius 1 is 1.56 bits per heavy atom. The SMILES string of the molecule is Cc1ccc(CN(C)C(C)C(=O)O)c(Cl)c1. The van der Waals surface area contributed by atoms with Crippen LogP contribution in [-0.2, 0) is 11.3 Å². The number of halogens is 1. The maximum Gasteiger partial charge on any atom is 0.320 e. The first-order valence-electron chi connectivity index (χ1n) is 5.10. The lowest BCUT2D eigenvalue weighted by molar-refractivity contribution is -0.142. The van der Waals surface area contributed by atoms with Crippen molar-refractivity contribution in [2.45, 2.75) is 26.4 Å². The summed E-state index contributed by atoms with van der Waals surface area (Å²) in [6.07, 6.45) is 0. The van der Waals surface area contributed by atoms with Gasteiger partial charge in [-0.2, -0.15) is 0 Å². The maximum absolute atomic E-state index is 10.8. The van der Waals surface area contributed by atoms with Crippen molar-refractivity contribution in [3.05, 3.63) is 34.3 Å². The molecule has 0 amide bonds. The Morgan fingerprint density at radius 2 is 2.19 bits per heavy atom. The zero-order chi connectivity index (χ0) is 12.3. The minimum atomic E-state index is -0.828. The Labute approximate surface area is 101 Å². The maximum atomic E-state index is 10.8. The molecular weight excluding hydrogens is 226 g/mol. The van der Waals surface area contributed by atoms with E-state index in [-0.39, 0.29) is 0 Å². The molecule has 0 fully saturated rings. The first kappa shape index (κ1) is 13.0. The van der Waals surface area contributed by atoms with Crippen LogP contribution >= 0.6 is 11.6 Å². The van der Waals surface area contributed by atoms with Gasteiger partial charge in [0.15, 0.2) is 0 Å². The van der Waals surface area contributed by atoms with Crippen LogP contribution in [0.2, 0.25) is 5.02 Å². The van der Waals surface area contributed by atoms with E-state index in [2.05, 4.69) is 0 Å². The highest BCUT2D eigenvalue weighted by atomic mass is 35.5. The number of rotatable bonds is 4. The minimum absolute atomic E-state index is 0.516. The predicted octanol–water partition coefficient (Wildman–Crippen LogP) is 2.55. The molecule has 0 aromatic heterocycles. The summed E-state index contributed by atoms with van der Waals surface area (Å²) in [5, 5.41) is 9.55. The smallest absolute Gasteiger partial charge is 0.320 e. The van der Waals surface area contributed by atoms with E-state index < -0.39 is 12.0 Å². The summed E-state index contributed by atoms with van der Waals surface area (Å²) in [5.74, 6) is -0.828. The summed E-state index contributed by atoms with van der Waals surface area (Å²) in [6, 6.07) is 5.27. The first-order valence-corrected chi connectivity index (χ1v) is 5.47. The van der Waals surface area contributed by atoms with Gasteiger partial charge in [0, 0.05) is 11.6 Å². The molecule has 0 spiro atoms. The van der Waals surface area contributed by atoms with Gasteiger partial charge in [-0.15, -0.1) is 0 Å². The molecule has 1 unspecified atom stereocenters. The Morgan fingerprint density at radius 3 is 2.69 bits per heavy atom. The van der Waals surface area contributed by atoms with Gasteiger partial charge in [0.25, 0.3) is 0 Å². The van der Waals surface area contributed by atoms with Gasteiger partial charge in [-0.1, -0.05) is 23.7 Å². The van der Waals surface area contributed by atoms with Crippen LogP contribution in [-0.4, -0.2) is 29.1 Å². The zero-order valence-corrected chi connectivity index (χ0v) is 10.5. The highest BCUT2D eigenvalue weighted by molar-refractivity contribution is 6.31. The molecule has 1 atom stereocenters. The molecule has 0 bridgehead atoms. The van der Waals surface area contributed by atoms with Gasteiger partial charge in [0.05, 0.1) is 0 Å². The number of carboxylic acids is 1. The van der Waals surface area contributed by atoms with E-state index >= 15 is 0 Å². The number of carboxylic acid groups (broad SMARTS) is 1. The van der Waals surface area contributed by atoms with Gasteiger partial charge in [0.1, 0.15) is 6.04 Å². The summed E-state index contributed by atoms with van der Waals surface area (Å²) in [7, 11) is 1.77. The second-order valence-electron chi connectivity index (χ2n) is 4.02. The fourth-order valence-corrected chi connectivity index (χ4v) is 1.67. The van der Waals surface area contributed by atoms with Gasteiger partial charge < -0.3 is 5.11 Å². The zero-order valence-electron chi connectivity index (χ0n) is 9.70. The molecule has 0 saturated heterocycles. The molecule has 0 saturated carbocycles. The molecule has 0 aliphatic rings. The monoisotopic (exact) mass is 241 g/mol. The van der Waals surface area contributed by atoms with Crippen molar-refractivity contribution in [3.8, 4) is 0 Å². The third kappa shape index (κ3) is 3.22. The van der Waals surface area contributed by atoms with E-state index in [1.54, 1.807) is 18.9 Å². The molecule has 3 nitrogen and oxygen atoms in total. The van der Waals surface area contributed by atoms with Crippen LogP contribution in [0.1, 0.15) is 18.1 Å². The summed E-state index contributed by atoms with van der Waals surface area (Å²) in [4.78, 5) is 12.5. The van der Waals surface area contributed by atoms with Gasteiger partial charge in [-0.05, 0) is 38.1 Å². The largest absolute Gasteiger partial charge is 0.480 e. The Hall–Kier alpha value is -1.06. The van der Waals surface area contributed by atoms with Crippen LogP contribution in [0.25, 0.3) is 0 Å². The van der Waals surface area contributed by atoms with Crippen molar-refractivity contribution < 1.29 is 9.90 Å². The van der Waals surface area contributed by atoms with Gasteiger partial charge in [-0.3, -0.25) is 9.69 Å². The normalized spacial score (nSPS) is 12.8. The number of aryl methyl sites for hydroxylation is 1. The molecule has 4 heteroatoms. The standard InChI is InChI=1S/C12H16ClNO2/c1-8-4-5-10(11(13)6-8)7-14(3)9(2)12(15)16/h4-6,9H,7H2,1-3H3,(H,15,16). The Kier molecular flexibility index (Phi) is 4.33. The third-order valence-electron chi connectivity index (χ3n) is 2.65. The average Bonchev–Trinajstić information content (AvgIpc) is 2.20. The van der Waals surface area contributed by atoms with Crippen LogP contribution in [0.4, 0.5) is 0 Å². The lowest BCUT2D eigenvalue weighted by Crippen LogP contribution is -2.35. The first-order chi connectivity index (χ1) is 7.41. The number of carbonyl (C=O) groups is 1. The van der Waals surface area contributed by atoms with Crippen molar-refractivity contribution in [2.24, 2.45) is 0 Å². The van der Waals surface area contributed by atoms with Crippen LogP contribution in [0.15, 0.2) is 18.2 Å². The van der Waals surface area contributed by atoms with Crippen molar-refractivity contribution in [2.75, 3.05) is 7.05 Å². The molecule has 0 aliphatic heterocycles. The molecule has 16 heavy (non-hydrogen) atoms. The number of nitrogens with zero attached hydrogens (tertiary/aromatic N) is 1. The summed E-state index contributed by atoms with van der Waals surface area (Å²) in [6.45, 7) is 4.16. The van der Waals surface area contributed by atoms with Gasteiger partial charge in [0.2, 0.25) is 0 Å². The Balaban J connectivity index is 2.77. The number of aliphatic carboxylic acids is 1. The summed E-state index contributed by atoms with van der Waals surface area (Å²) >= 11 is 6.08. The van der Waals surface area contributed by atoms with E-state index in [0.717, 1.165) is 11.1 Å². The van der Waals surface area contributed by atoms with E-state index in [9.17, 15) is 4.79 Å². The number of likely N-dealkylation sites (N-methyl/N-ethyl adjacent to an activating group) is 1. The van der Waals surface area contributed by atoms with E-state index in [1.807, 2.05) is 25.1 Å². The second kappa shape index (κ2) is 5.32. The second-order valence-corrected chi connectivity index (χ2v) is 4.43. The lowest BCUT2D eigenvalue weighted by Gasteiger charge is -2.21. The fourth-order valence-electron chi connectivity index (χ4n) is 1.37. The number of hydrogen-bond donors (Lipinski definition) is 1. The van der Waals surface area contributed by atoms with Crippen molar-refractivity contribution in [1.82, 2.24) is 4.90 Å². The Bertz CT molecular complexity index is 393. The average molecular weight is 242 g/mol. The van der Waals surface area contributed by atoms with Crippen LogP contribution in [0.3, 0.4) is 0 Å². The highest BCUT2D eigenvalue weighted by Crippen LogP contribution is 2.19. The van der Waals surface area contributed by atoms with Crippen LogP contribution in [0.5, 0.6) is 0 Å². The molecular formula is C12H16ClNO2. The molecule has 0 aliphatic carbocycles. The van der Waals surface area contributed by atoms with E-state index in [1.165, 1.54) is 0 Å². The summed E-state index contributed by atoms with van der Waals surface area (Å²) < 4.78 is 0. The van der Waals surface area contributed by atoms with E-state index in [0.29, 0.717) is 11.6 Å². The van der Waals surface area contributed by atoms with Crippen molar-refractivity contribution in [3.63, 3.8) is 0 Å². The molecule has 0 radical (unpaired) electrons. The molecule has 1 rings (SSSR count). The lowest BCUT2D eigenvalue weighted by atomic mass is 10.1. The third-order valence-corrected chi connectivity index (χ3v) is 3.00. The van der Waals surface area contributed by atoms with Gasteiger partial charge >= 0.3 is 5.97 Å². The topological polar surface area (TPSA) is 40.5 Å². The highest BCUT2D eigenvalue weighted by Gasteiger charge is 2.17. The molecule has 88 valence electrons. The van der Waals surface area contributed by atoms with Gasteiger partial charge in [-0.25, -0.2) is 0 Å². The molecule has 1 aromatic rings. The fraction of sp³-hybridized carbons (Fsp3) is 0.417. The van der Waals surface area contributed by atoms with Crippen LogP contribution in [0, 0.1) is 6.92 Å². The molecule has 1 N–H and O–H groups in total. The van der Waals surface area contributed by atoms with E-state index in [4.69, 9.17) is 16.7 Å². The van der Waals surface area contributed by atoms with Crippen molar-refractivity contribution in [1.29, 1.82) is 0 Å². The number of hydrogen-bond acceptors (Lipinski definition) is 2.